The number of hydrogen-bond acceptors (Lipinski definition) is 1. The van der Waals surface area contributed by atoms with E-state index >= 15 is 0 Å². The van der Waals surface area contributed by atoms with Crippen molar-refractivity contribution in [2.75, 3.05) is 0 Å². The number of halogens is 4. The molecule has 0 N–H and O–H groups in total. The number of fused-ring (bicyclic) bond motifs is 1. The Hall–Kier alpha value is -1.23. The minimum absolute atomic E-state index is 0.208. The van der Waals surface area contributed by atoms with Gasteiger partial charge in [-0.15, -0.1) is 11.6 Å². The number of rotatable bonds is 2. The lowest BCUT2D eigenvalue weighted by Crippen LogP contribution is -2.04. The second-order valence-corrected chi connectivity index (χ2v) is 5.28. The van der Waals surface area contributed by atoms with Gasteiger partial charge in [-0.2, -0.15) is 13.2 Å². The van der Waals surface area contributed by atoms with Crippen LogP contribution < -0.4 is 0 Å². The third kappa shape index (κ3) is 2.10. The second-order valence-electron chi connectivity index (χ2n) is 5.01. The molecule has 1 aromatic heterocycles. The van der Waals surface area contributed by atoms with Gasteiger partial charge in [-0.1, -0.05) is 6.92 Å². The minimum Gasteiger partial charge on any atom is -0.324 e. The predicted molar refractivity (Wildman–Crippen MR) is 67.1 cm³/mol. The van der Waals surface area contributed by atoms with Gasteiger partial charge in [-0.05, 0) is 30.5 Å². The largest absolute Gasteiger partial charge is 0.416 e. The first-order chi connectivity index (χ1) is 8.91. The lowest BCUT2D eigenvalue weighted by Gasteiger charge is -2.08. The van der Waals surface area contributed by atoms with Gasteiger partial charge in [0.1, 0.15) is 5.82 Å². The van der Waals surface area contributed by atoms with Crippen LogP contribution in [0.3, 0.4) is 0 Å². The Kier molecular flexibility index (Phi) is 2.78. The Morgan fingerprint density at radius 3 is 2.63 bits per heavy atom. The first-order valence-corrected chi connectivity index (χ1v) is 6.59. The normalized spacial score (nSPS) is 23.0. The molecule has 2 atom stereocenters. The monoisotopic (exact) mass is 288 g/mol. The third-order valence-corrected chi connectivity index (χ3v) is 3.85. The van der Waals surface area contributed by atoms with E-state index in [1.165, 1.54) is 6.07 Å². The van der Waals surface area contributed by atoms with Crippen molar-refractivity contribution in [3.05, 3.63) is 29.6 Å². The van der Waals surface area contributed by atoms with Gasteiger partial charge in [0.25, 0.3) is 0 Å². The molecule has 0 bridgehead atoms. The van der Waals surface area contributed by atoms with Gasteiger partial charge in [0.2, 0.25) is 0 Å². The van der Waals surface area contributed by atoms with E-state index in [0.29, 0.717) is 23.3 Å². The van der Waals surface area contributed by atoms with Crippen LogP contribution in [0.4, 0.5) is 13.2 Å². The van der Waals surface area contributed by atoms with E-state index in [0.717, 1.165) is 24.1 Å². The molecule has 0 radical (unpaired) electrons. The van der Waals surface area contributed by atoms with E-state index in [1.54, 1.807) is 0 Å². The molecule has 102 valence electrons. The average Bonchev–Trinajstić information content (AvgIpc) is 2.94. The Bertz CT molecular complexity index is 633. The zero-order chi connectivity index (χ0) is 13.8. The predicted octanol–water partition coefficient (Wildman–Crippen LogP) is 4.37. The van der Waals surface area contributed by atoms with Crippen molar-refractivity contribution < 1.29 is 13.2 Å². The summed E-state index contributed by atoms with van der Waals surface area (Å²) in [6, 6.07) is 4.00. The first-order valence-electron chi connectivity index (χ1n) is 6.06. The van der Waals surface area contributed by atoms with Gasteiger partial charge in [-0.3, -0.25) is 0 Å². The van der Waals surface area contributed by atoms with Crippen molar-refractivity contribution in [1.82, 2.24) is 9.55 Å². The van der Waals surface area contributed by atoms with Crippen molar-refractivity contribution in [3.8, 4) is 0 Å². The molecule has 2 unspecified atom stereocenters. The molecule has 0 aliphatic heterocycles. The third-order valence-electron chi connectivity index (χ3n) is 3.61. The summed E-state index contributed by atoms with van der Waals surface area (Å²) in [5, 5.41) is 0. The molecule has 19 heavy (non-hydrogen) atoms. The summed E-state index contributed by atoms with van der Waals surface area (Å²) in [4.78, 5) is 4.23. The van der Waals surface area contributed by atoms with Crippen LogP contribution in [0.15, 0.2) is 18.2 Å². The Balaban J connectivity index is 2.16. The smallest absolute Gasteiger partial charge is 0.324 e. The summed E-state index contributed by atoms with van der Waals surface area (Å²) in [7, 11) is 0. The molecule has 2 aromatic rings. The Labute approximate surface area is 113 Å². The molecule has 1 fully saturated rings. The number of imidazole rings is 1. The maximum absolute atomic E-state index is 12.7. The van der Waals surface area contributed by atoms with Crippen LogP contribution in [0.25, 0.3) is 11.0 Å². The summed E-state index contributed by atoms with van der Waals surface area (Å²) in [5.74, 6) is 1.38. The van der Waals surface area contributed by atoms with Crippen LogP contribution in [-0.4, -0.2) is 9.55 Å². The highest BCUT2D eigenvalue weighted by Crippen LogP contribution is 2.45. The van der Waals surface area contributed by atoms with Gasteiger partial charge < -0.3 is 4.57 Å². The summed E-state index contributed by atoms with van der Waals surface area (Å²) >= 11 is 5.85. The van der Waals surface area contributed by atoms with Crippen LogP contribution >= 0.6 is 11.6 Å². The van der Waals surface area contributed by atoms with E-state index < -0.39 is 11.7 Å². The fourth-order valence-electron chi connectivity index (χ4n) is 2.45. The molecule has 1 heterocycles. The Morgan fingerprint density at radius 1 is 1.42 bits per heavy atom. The maximum atomic E-state index is 12.7. The summed E-state index contributed by atoms with van der Waals surface area (Å²) < 4.78 is 40.0. The maximum Gasteiger partial charge on any atom is 0.416 e. The molecule has 1 saturated carbocycles. The molecular formula is C13H12ClF3N2. The zero-order valence-electron chi connectivity index (χ0n) is 10.2. The molecule has 2 nitrogen and oxygen atoms in total. The number of aromatic nitrogens is 2. The lowest BCUT2D eigenvalue weighted by atomic mass is 10.2. The van der Waals surface area contributed by atoms with E-state index in [2.05, 4.69) is 11.9 Å². The molecule has 0 amide bonds. The average molecular weight is 289 g/mol. The van der Waals surface area contributed by atoms with E-state index in [4.69, 9.17) is 11.6 Å². The molecule has 0 saturated heterocycles. The van der Waals surface area contributed by atoms with Crippen molar-refractivity contribution in [2.24, 2.45) is 5.92 Å². The van der Waals surface area contributed by atoms with Crippen LogP contribution in [0.2, 0.25) is 0 Å². The quantitative estimate of drug-likeness (QED) is 0.750. The molecular weight excluding hydrogens is 277 g/mol. The van der Waals surface area contributed by atoms with Gasteiger partial charge >= 0.3 is 6.18 Å². The van der Waals surface area contributed by atoms with Gasteiger partial charge in [0.15, 0.2) is 0 Å². The second kappa shape index (κ2) is 4.13. The standard InChI is InChI=1S/C13H12ClF3N2/c1-7-4-11(7)19-10-3-2-8(13(15,16)17)5-9(10)18-12(19)6-14/h2-3,5,7,11H,4,6H2,1H3. The number of benzene rings is 1. The molecule has 1 aromatic carbocycles. The van der Waals surface area contributed by atoms with E-state index in [1.807, 2.05) is 4.57 Å². The molecule has 3 rings (SSSR count). The van der Waals surface area contributed by atoms with E-state index in [9.17, 15) is 13.2 Å². The molecule has 1 aliphatic rings. The fourth-order valence-corrected chi connectivity index (χ4v) is 2.64. The first kappa shape index (κ1) is 12.8. The van der Waals surface area contributed by atoms with Crippen molar-refractivity contribution >= 4 is 22.6 Å². The van der Waals surface area contributed by atoms with Gasteiger partial charge in [0.05, 0.1) is 22.5 Å². The van der Waals surface area contributed by atoms with Crippen molar-refractivity contribution in [3.63, 3.8) is 0 Å². The van der Waals surface area contributed by atoms with E-state index in [-0.39, 0.29) is 5.88 Å². The molecule has 0 spiro atoms. The van der Waals surface area contributed by atoms with Crippen molar-refractivity contribution in [1.29, 1.82) is 0 Å². The topological polar surface area (TPSA) is 17.8 Å². The highest BCUT2D eigenvalue weighted by molar-refractivity contribution is 6.16. The number of hydrogen-bond donors (Lipinski definition) is 0. The highest BCUT2D eigenvalue weighted by atomic mass is 35.5. The summed E-state index contributed by atoms with van der Waals surface area (Å²) in [6.45, 7) is 2.11. The summed E-state index contributed by atoms with van der Waals surface area (Å²) in [5.41, 5.74) is 0.428. The molecule has 6 heteroatoms. The van der Waals surface area contributed by atoms with Crippen LogP contribution in [0.1, 0.15) is 30.8 Å². The van der Waals surface area contributed by atoms with Crippen LogP contribution in [-0.2, 0) is 12.1 Å². The SMILES string of the molecule is CC1CC1n1c(CCl)nc2cc(C(F)(F)F)ccc21. The number of nitrogens with zero attached hydrogens (tertiary/aromatic N) is 2. The van der Waals surface area contributed by atoms with Gasteiger partial charge in [-0.25, -0.2) is 4.98 Å². The minimum atomic E-state index is -4.34. The van der Waals surface area contributed by atoms with Crippen molar-refractivity contribution in [2.45, 2.75) is 31.4 Å². The van der Waals surface area contributed by atoms with Crippen LogP contribution in [0, 0.1) is 5.92 Å². The highest BCUT2D eigenvalue weighted by Gasteiger charge is 2.37. The molecule has 1 aliphatic carbocycles. The lowest BCUT2D eigenvalue weighted by molar-refractivity contribution is -0.137. The number of alkyl halides is 4. The van der Waals surface area contributed by atoms with Crippen LogP contribution in [0.5, 0.6) is 0 Å². The fraction of sp³-hybridized carbons (Fsp3) is 0.462. The zero-order valence-corrected chi connectivity index (χ0v) is 11.0. The Morgan fingerprint density at radius 2 is 2.11 bits per heavy atom. The summed E-state index contributed by atoms with van der Waals surface area (Å²) in [6.07, 6.45) is -3.32. The van der Waals surface area contributed by atoms with Gasteiger partial charge in [0, 0.05) is 6.04 Å².